The molecule has 3 heterocycles. The summed E-state index contributed by atoms with van der Waals surface area (Å²) in [6.45, 7) is 6.25. The van der Waals surface area contributed by atoms with Crippen molar-refractivity contribution in [3.8, 4) is 5.75 Å². The molecule has 3 aliphatic heterocycles. The van der Waals surface area contributed by atoms with Gasteiger partial charge < -0.3 is 14.5 Å². The first-order valence-electron chi connectivity index (χ1n) is 14.2. The first-order chi connectivity index (χ1) is 19.1. The molecule has 3 aliphatic rings. The Balaban J connectivity index is 1.20. The van der Waals surface area contributed by atoms with Gasteiger partial charge in [0.05, 0.1) is 19.2 Å². The van der Waals surface area contributed by atoms with Crippen molar-refractivity contribution in [2.45, 2.75) is 37.3 Å². The molecule has 0 radical (unpaired) electrons. The molecule has 6 rings (SSSR count). The number of piperidine rings is 1. The number of carbonyl (C=O) groups is 1. The predicted molar refractivity (Wildman–Crippen MR) is 155 cm³/mol. The van der Waals surface area contributed by atoms with Gasteiger partial charge >= 0.3 is 6.03 Å². The largest absolute Gasteiger partial charge is 0.497 e. The fourth-order valence-corrected chi connectivity index (χ4v) is 6.36. The fourth-order valence-electron chi connectivity index (χ4n) is 6.36. The van der Waals surface area contributed by atoms with E-state index < -0.39 is 0 Å². The van der Waals surface area contributed by atoms with E-state index in [9.17, 15) is 4.79 Å². The maximum absolute atomic E-state index is 14.1. The number of rotatable bonds is 8. The van der Waals surface area contributed by atoms with Crippen molar-refractivity contribution in [2.24, 2.45) is 0 Å². The summed E-state index contributed by atoms with van der Waals surface area (Å²) >= 11 is 0. The first-order valence-corrected chi connectivity index (χ1v) is 14.2. The second kappa shape index (κ2) is 11.4. The maximum Gasteiger partial charge on any atom is 0.325 e. The number of nitrogens with zero attached hydrogens (tertiary/aromatic N) is 3. The molecule has 2 N–H and O–H groups in total. The van der Waals surface area contributed by atoms with Gasteiger partial charge in [0, 0.05) is 50.9 Å². The van der Waals surface area contributed by atoms with E-state index in [1.807, 2.05) is 17.0 Å². The lowest BCUT2D eigenvalue weighted by molar-refractivity contribution is 0.0725. The zero-order valence-electron chi connectivity index (χ0n) is 22.8. The SMILES string of the molecule is COc1cccc(CN2C(=O)N(c3ccc(C4CNNC4)cc3)CC23CCN(CCc2ccccc2)CC3)c1. The molecule has 3 saturated heterocycles. The van der Waals surface area contributed by atoms with Gasteiger partial charge in [0.25, 0.3) is 0 Å². The monoisotopic (exact) mass is 525 g/mol. The molecule has 0 aliphatic carbocycles. The van der Waals surface area contributed by atoms with E-state index in [2.05, 4.69) is 87.4 Å². The number of hydrogen-bond donors (Lipinski definition) is 2. The van der Waals surface area contributed by atoms with Gasteiger partial charge in [-0.05, 0) is 60.2 Å². The lowest BCUT2D eigenvalue weighted by Gasteiger charge is -2.44. The third-order valence-electron chi connectivity index (χ3n) is 8.81. The van der Waals surface area contributed by atoms with Crippen LogP contribution in [0.5, 0.6) is 5.75 Å². The summed E-state index contributed by atoms with van der Waals surface area (Å²) < 4.78 is 5.47. The van der Waals surface area contributed by atoms with Gasteiger partial charge in [-0.2, -0.15) is 0 Å². The molecule has 0 atom stereocenters. The summed E-state index contributed by atoms with van der Waals surface area (Å²) in [7, 11) is 1.69. The number of anilines is 1. The summed E-state index contributed by atoms with van der Waals surface area (Å²) in [6.07, 6.45) is 3.02. The number of likely N-dealkylation sites (tertiary alicyclic amines) is 1. The van der Waals surface area contributed by atoms with Crippen LogP contribution in [0.15, 0.2) is 78.9 Å². The van der Waals surface area contributed by atoms with Crippen molar-refractivity contribution in [1.29, 1.82) is 0 Å². The standard InChI is InChI=1S/C32H39N5O2/c1-39-30-9-5-8-26(20-30)23-37-31(38)36(29-12-10-27(11-13-29)28-21-33-34-22-28)24-32(37)15-18-35(19-16-32)17-14-25-6-3-2-4-7-25/h2-13,20,28,33-34H,14-19,21-24H2,1H3. The Labute approximate surface area is 231 Å². The van der Waals surface area contributed by atoms with Crippen LogP contribution < -0.4 is 20.5 Å². The molecule has 0 aromatic heterocycles. The van der Waals surface area contributed by atoms with E-state index in [0.717, 1.165) is 75.5 Å². The van der Waals surface area contributed by atoms with Gasteiger partial charge in [-0.3, -0.25) is 15.8 Å². The predicted octanol–water partition coefficient (Wildman–Crippen LogP) is 4.41. The minimum Gasteiger partial charge on any atom is -0.497 e. The quantitative estimate of drug-likeness (QED) is 0.457. The molecule has 7 heteroatoms. The first kappa shape index (κ1) is 25.9. The molecule has 0 unspecified atom stereocenters. The Morgan fingerprint density at radius 1 is 0.897 bits per heavy atom. The van der Waals surface area contributed by atoms with Crippen molar-refractivity contribution in [1.82, 2.24) is 20.7 Å². The average molecular weight is 526 g/mol. The van der Waals surface area contributed by atoms with E-state index in [1.165, 1.54) is 11.1 Å². The maximum atomic E-state index is 14.1. The molecule has 3 aromatic rings. The van der Waals surface area contributed by atoms with Crippen molar-refractivity contribution in [2.75, 3.05) is 51.3 Å². The summed E-state index contributed by atoms with van der Waals surface area (Å²) in [5.74, 6) is 1.29. The highest BCUT2D eigenvalue weighted by Crippen LogP contribution is 2.40. The lowest BCUT2D eigenvalue weighted by Crippen LogP contribution is -2.54. The highest BCUT2D eigenvalue weighted by atomic mass is 16.5. The van der Waals surface area contributed by atoms with Crippen LogP contribution in [-0.2, 0) is 13.0 Å². The van der Waals surface area contributed by atoms with E-state index >= 15 is 0 Å². The molecular formula is C32H39N5O2. The number of hydrogen-bond acceptors (Lipinski definition) is 5. The van der Waals surface area contributed by atoms with Crippen molar-refractivity contribution < 1.29 is 9.53 Å². The Morgan fingerprint density at radius 2 is 1.62 bits per heavy atom. The van der Waals surface area contributed by atoms with Crippen LogP contribution in [0.1, 0.15) is 35.4 Å². The molecule has 2 amide bonds. The van der Waals surface area contributed by atoms with Crippen LogP contribution in [0.25, 0.3) is 0 Å². The summed E-state index contributed by atoms with van der Waals surface area (Å²) in [4.78, 5) is 20.8. The van der Waals surface area contributed by atoms with Gasteiger partial charge in [-0.1, -0.05) is 54.6 Å². The smallest absolute Gasteiger partial charge is 0.325 e. The molecular weight excluding hydrogens is 486 g/mol. The normalized spacial score (nSPS) is 19.8. The van der Waals surface area contributed by atoms with Gasteiger partial charge in [-0.15, -0.1) is 0 Å². The fraction of sp³-hybridized carbons (Fsp3) is 0.406. The molecule has 7 nitrogen and oxygen atoms in total. The Bertz CT molecular complexity index is 1250. The van der Waals surface area contributed by atoms with Gasteiger partial charge in [0.2, 0.25) is 0 Å². The second-order valence-electron chi connectivity index (χ2n) is 11.2. The van der Waals surface area contributed by atoms with Crippen LogP contribution in [0.3, 0.4) is 0 Å². The highest BCUT2D eigenvalue weighted by molar-refractivity contribution is 5.95. The Hall–Kier alpha value is -3.39. The van der Waals surface area contributed by atoms with Gasteiger partial charge in [0.15, 0.2) is 0 Å². The number of amides is 2. The molecule has 3 fully saturated rings. The van der Waals surface area contributed by atoms with Crippen LogP contribution in [0, 0.1) is 0 Å². The van der Waals surface area contributed by atoms with Crippen LogP contribution in [-0.4, -0.2) is 67.7 Å². The summed E-state index contributed by atoms with van der Waals surface area (Å²) in [5.41, 5.74) is 11.0. The third kappa shape index (κ3) is 5.53. The van der Waals surface area contributed by atoms with Crippen LogP contribution >= 0.6 is 0 Å². The van der Waals surface area contributed by atoms with Gasteiger partial charge in [0.1, 0.15) is 5.75 Å². The summed E-state index contributed by atoms with van der Waals surface area (Å²) in [6, 6.07) is 27.6. The molecule has 1 spiro atoms. The van der Waals surface area contributed by atoms with Crippen molar-refractivity contribution in [3.05, 3.63) is 95.6 Å². The van der Waals surface area contributed by atoms with Crippen LogP contribution in [0.2, 0.25) is 0 Å². The number of methoxy groups -OCH3 is 1. The zero-order valence-corrected chi connectivity index (χ0v) is 22.8. The van der Waals surface area contributed by atoms with Crippen molar-refractivity contribution >= 4 is 11.7 Å². The number of nitrogens with one attached hydrogen (secondary N) is 2. The van der Waals surface area contributed by atoms with Gasteiger partial charge in [-0.25, -0.2) is 4.79 Å². The lowest BCUT2D eigenvalue weighted by atomic mass is 9.86. The van der Waals surface area contributed by atoms with E-state index in [4.69, 9.17) is 4.74 Å². The molecule has 3 aromatic carbocycles. The van der Waals surface area contributed by atoms with E-state index in [-0.39, 0.29) is 11.6 Å². The number of carbonyl (C=O) groups excluding carboxylic acids is 1. The number of ether oxygens (including phenoxy) is 1. The summed E-state index contributed by atoms with van der Waals surface area (Å²) in [5, 5.41) is 0. The van der Waals surface area contributed by atoms with E-state index in [1.54, 1.807) is 7.11 Å². The molecule has 204 valence electrons. The Morgan fingerprint density at radius 3 is 2.33 bits per heavy atom. The molecule has 39 heavy (non-hydrogen) atoms. The van der Waals surface area contributed by atoms with Crippen molar-refractivity contribution in [3.63, 3.8) is 0 Å². The number of hydrazine groups is 1. The number of urea groups is 1. The minimum absolute atomic E-state index is 0.104. The molecule has 0 bridgehead atoms. The zero-order chi connectivity index (χ0) is 26.7. The Kier molecular flexibility index (Phi) is 7.55. The second-order valence-corrected chi connectivity index (χ2v) is 11.2. The third-order valence-corrected chi connectivity index (χ3v) is 8.81. The average Bonchev–Trinajstić information content (AvgIpc) is 3.62. The molecule has 0 saturated carbocycles. The van der Waals surface area contributed by atoms with E-state index in [0.29, 0.717) is 12.5 Å². The van der Waals surface area contributed by atoms with Crippen LogP contribution in [0.4, 0.5) is 10.5 Å². The number of benzene rings is 3. The minimum atomic E-state index is -0.179. The topological polar surface area (TPSA) is 60.1 Å². The highest BCUT2D eigenvalue weighted by Gasteiger charge is 2.51.